The lowest BCUT2D eigenvalue weighted by molar-refractivity contribution is -0.161. The van der Waals surface area contributed by atoms with E-state index in [1.807, 2.05) is 6.08 Å². The molecule has 0 radical (unpaired) electrons. The number of rotatable bonds is 52. The predicted octanol–water partition coefficient (Wildman–Crippen LogP) is 18.2. The minimum absolute atomic E-state index is 0.0366. The fourth-order valence-electron chi connectivity index (χ4n) is 7.31. The summed E-state index contributed by atoms with van der Waals surface area (Å²) in [7, 11) is -4.41. The quantitative estimate of drug-likeness (QED) is 0.0264. The molecule has 2 unspecified atom stereocenters. The fraction of sp³-hybridized carbons (Fsp3) is 0.619. The Labute approximate surface area is 446 Å². The molecule has 0 amide bonds. The lowest BCUT2D eigenvalue weighted by atomic mass is 10.0. The highest BCUT2D eigenvalue weighted by Crippen LogP contribution is 2.43. The van der Waals surface area contributed by atoms with Gasteiger partial charge in [-0.3, -0.25) is 18.6 Å². The molecule has 0 spiro atoms. The van der Waals surface area contributed by atoms with Gasteiger partial charge in [-0.05, 0) is 109 Å². The van der Waals surface area contributed by atoms with Gasteiger partial charge in [-0.1, -0.05) is 231 Å². The van der Waals surface area contributed by atoms with Gasteiger partial charge in [0.15, 0.2) is 6.10 Å². The van der Waals surface area contributed by atoms with Crippen LogP contribution in [0.5, 0.6) is 0 Å². The average Bonchev–Trinajstić information content (AvgIpc) is 3.38. The van der Waals surface area contributed by atoms with Crippen molar-refractivity contribution in [3.8, 4) is 0 Å². The van der Waals surface area contributed by atoms with Crippen molar-refractivity contribution in [3.05, 3.63) is 134 Å². The summed E-state index contributed by atoms with van der Waals surface area (Å²) in [6, 6.07) is 0. The van der Waals surface area contributed by atoms with Crippen LogP contribution in [0.3, 0.4) is 0 Å². The second-order valence-corrected chi connectivity index (χ2v) is 19.9. The number of hydrogen-bond donors (Lipinski definition) is 2. The Hall–Kier alpha value is -3.85. The molecule has 0 heterocycles. The Morgan fingerprint density at radius 3 is 1.16 bits per heavy atom. The van der Waals surface area contributed by atoms with Gasteiger partial charge in [0.2, 0.25) is 0 Å². The topological polar surface area (TPSA) is 134 Å². The van der Waals surface area contributed by atoms with Crippen molar-refractivity contribution in [3.63, 3.8) is 0 Å². The third-order valence-corrected chi connectivity index (χ3v) is 12.5. The Morgan fingerprint density at radius 1 is 0.425 bits per heavy atom. The van der Waals surface area contributed by atoms with E-state index in [0.717, 1.165) is 83.5 Å². The molecule has 3 N–H and O–H groups in total. The van der Waals surface area contributed by atoms with Crippen molar-refractivity contribution >= 4 is 19.8 Å². The van der Waals surface area contributed by atoms with Crippen molar-refractivity contribution in [2.45, 2.75) is 225 Å². The highest BCUT2D eigenvalue weighted by Gasteiger charge is 2.26. The van der Waals surface area contributed by atoms with Crippen molar-refractivity contribution < 1.29 is 37.6 Å². The van der Waals surface area contributed by atoms with E-state index >= 15 is 0 Å². The molecule has 0 fully saturated rings. The molecule has 0 aromatic rings. The number of nitrogens with two attached hydrogens (primary N) is 1. The molecule has 414 valence electrons. The van der Waals surface area contributed by atoms with Crippen molar-refractivity contribution in [1.29, 1.82) is 0 Å². The molecule has 0 aliphatic rings. The van der Waals surface area contributed by atoms with E-state index in [0.29, 0.717) is 19.3 Å². The summed E-state index contributed by atoms with van der Waals surface area (Å²) in [4.78, 5) is 35.2. The third kappa shape index (κ3) is 57.3. The largest absolute Gasteiger partial charge is 0.472 e. The molecule has 0 aromatic carbocycles. The van der Waals surface area contributed by atoms with Gasteiger partial charge in [0, 0.05) is 19.4 Å². The van der Waals surface area contributed by atoms with Gasteiger partial charge in [0.05, 0.1) is 13.2 Å². The van der Waals surface area contributed by atoms with Crippen LogP contribution >= 0.6 is 7.82 Å². The van der Waals surface area contributed by atoms with E-state index in [9.17, 15) is 19.0 Å². The van der Waals surface area contributed by atoms with Crippen LogP contribution in [0.1, 0.15) is 219 Å². The molecular weight excluding hydrogens is 930 g/mol. The summed E-state index contributed by atoms with van der Waals surface area (Å²) in [6.07, 6.45) is 80.8. The molecule has 9 nitrogen and oxygen atoms in total. The smallest absolute Gasteiger partial charge is 0.462 e. The number of allylic oxidation sites excluding steroid dienone is 22. The zero-order chi connectivity index (χ0) is 53.1. The van der Waals surface area contributed by atoms with Crippen molar-refractivity contribution in [2.24, 2.45) is 5.73 Å². The molecule has 0 saturated heterocycles. The number of hydrogen-bond acceptors (Lipinski definition) is 8. The summed E-state index contributed by atoms with van der Waals surface area (Å²) in [5.74, 6) is -0.908. The van der Waals surface area contributed by atoms with Crippen LogP contribution in [0.4, 0.5) is 0 Å². The lowest BCUT2D eigenvalue weighted by Gasteiger charge is -2.19. The van der Waals surface area contributed by atoms with E-state index < -0.39 is 32.5 Å². The maximum absolute atomic E-state index is 12.7. The first-order valence-electron chi connectivity index (χ1n) is 28.7. The molecule has 2 atom stereocenters. The maximum Gasteiger partial charge on any atom is 0.472 e. The molecule has 73 heavy (non-hydrogen) atoms. The normalized spacial score (nSPS) is 14.1. The van der Waals surface area contributed by atoms with Gasteiger partial charge in [-0.25, -0.2) is 4.57 Å². The Kier molecular flexibility index (Phi) is 54.4. The molecule has 0 bridgehead atoms. The summed E-state index contributed by atoms with van der Waals surface area (Å²) in [6.45, 7) is 3.54. The maximum atomic E-state index is 12.7. The van der Waals surface area contributed by atoms with Crippen LogP contribution in [0, 0.1) is 0 Å². The summed E-state index contributed by atoms with van der Waals surface area (Å²) in [5.41, 5.74) is 5.37. The zero-order valence-electron chi connectivity index (χ0n) is 46.1. The van der Waals surface area contributed by atoms with Crippen molar-refractivity contribution in [1.82, 2.24) is 0 Å². The Balaban J connectivity index is 4.15. The molecule has 0 saturated carbocycles. The van der Waals surface area contributed by atoms with Crippen molar-refractivity contribution in [2.75, 3.05) is 26.4 Å². The SMILES string of the molecule is CC/C=C\C/C=C\C/C=C\C/C=C\C/C=C\C/C=C\C/C=C\C/C=C\C/C=C\CCCC(=O)OC(COC(=O)CCCCCCCCCCCCC/C=C\C/C=C\CCCCCCC)COP(=O)(O)OCCN. The van der Waals surface area contributed by atoms with Crippen LogP contribution in [0.15, 0.2) is 134 Å². The fourth-order valence-corrected chi connectivity index (χ4v) is 8.08. The second kappa shape index (κ2) is 57.4. The van der Waals surface area contributed by atoms with Gasteiger partial charge < -0.3 is 20.1 Å². The molecular formula is C63H104NO8P. The third-order valence-electron chi connectivity index (χ3n) is 11.5. The standard InChI is InChI=1S/C63H104NO8P/c1-3-5-7-9-11-13-15-17-19-21-23-25-27-28-29-30-31-32-34-36-38-40-42-44-46-48-50-52-54-56-63(66)72-61(60-71-73(67,68)70-58-57-64)59-69-62(65)55-53-51-49-47-45-43-41-39-37-35-33-26-24-22-20-18-16-14-12-10-8-6-4-2/h5,7,11,13,16-19,22-25,28-29,31-32,36,38,42,44,48,50,61H,3-4,6,8-10,12,14-15,20-21,26-27,30,33-35,37,39-41,43,45-47,49,51-60,64H2,1-2H3,(H,67,68)/b7-5-,13-11-,18-16-,19-17-,24-22-,25-23-,29-28-,32-31-,38-36-,44-42-,50-48-. The van der Waals surface area contributed by atoms with E-state index in [1.165, 1.54) is 89.9 Å². The molecule has 0 aromatic heterocycles. The number of esters is 2. The van der Waals surface area contributed by atoms with Gasteiger partial charge >= 0.3 is 19.8 Å². The van der Waals surface area contributed by atoms with Crippen LogP contribution in [-0.2, 0) is 32.7 Å². The van der Waals surface area contributed by atoms with Gasteiger partial charge in [-0.2, -0.15) is 0 Å². The molecule has 0 aliphatic carbocycles. The molecule has 0 rings (SSSR count). The predicted molar refractivity (Wildman–Crippen MR) is 311 cm³/mol. The Morgan fingerprint density at radius 2 is 0.767 bits per heavy atom. The number of carbonyl (C=O) groups is 2. The first-order valence-corrected chi connectivity index (χ1v) is 30.2. The number of ether oxygens (including phenoxy) is 2. The van der Waals surface area contributed by atoms with Gasteiger partial charge in [0.1, 0.15) is 6.61 Å². The highest BCUT2D eigenvalue weighted by molar-refractivity contribution is 7.47. The van der Waals surface area contributed by atoms with Gasteiger partial charge in [-0.15, -0.1) is 0 Å². The lowest BCUT2D eigenvalue weighted by Crippen LogP contribution is -2.29. The van der Waals surface area contributed by atoms with E-state index in [4.69, 9.17) is 24.3 Å². The first-order chi connectivity index (χ1) is 35.8. The molecule has 0 aliphatic heterocycles. The average molecular weight is 1030 g/mol. The highest BCUT2D eigenvalue weighted by atomic mass is 31.2. The number of phosphoric acid groups is 1. The van der Waals surface area contributed by atoms with Crippen LogP contribution in [0.2, 0.25) is 0 Å². The van der Waals surface area contributed by atoms with Crippen LogP contribution in [0.25, 0.3) is 0 Å². The minimum atomic E-state index is -4.41. The number of carbonyl (C=O) groups excluding carboxylic acids is 2. The zero-order valence-corrected chi connectivity index (χ0v) is 47.0. The van der Waals surface area contributed by atoms with E-state index in [-0.39, 0.29) is 32.6 Å². The number of phosphoric ester groups is 1. The first kappa shape index (κ1) is 69.2. The van der Waals surface area contributed by atoms with Gasteiger partial charge in [0.25, 0.3) is 0 Å². The molecule has 10 heteroatoms. The minimum Gasteiger partial charge on any atom is -0.462 e. The summed E-state index contributed by atoms with van der Waals surface area (Å²) in [5, 5.41) is 0. The van der Waals surface area contributed by atoms with E-state index in [1.54, 1.807) is 0 Å². The number of unbranched alkanes of at least 4 members (excludes halogenated alkanes) is 17. The van der Waals surface area contributed by atoms with E-state index in [2.05, 4.69) is 141 Å². The van der Waals surface area contributed by atoms with Crippen LogP contribution in [-0.4, -0.2) is 49.3 Å². The summed E-state index contributed by atoms with van der Waals surface area (Å²) < 4.78 is 32.9. The van der Waals surface area contributed by atoms with Crippen LogP contribution < -0.4 is 5.73 Å². The monoisotopic (exact) mass is 1030 g/mol. The second-order valence-electron chi connectivity index (χ2n) is 18.4. The summed E-state index contributed by atoms with van der Waals surface area (Å²) >= 11 is 0. The Bertz CT molecular complexity index is 1650.